The molecule has 312 valence electrons. The van der Waals surface area contributed by atoms with Crippen LogP contribution in [0.5, 0.6) is 0 Å². The van der Waals surface area contributed by atoms with Crippen LogP contribution in [0.2, 0.25) is 0 Å². The van der Waals surface area contributed by atoms with Gasteiger partial charge >= 0.3 is 0 Å². The van der Waals surface area contributed by atoms with E-state index in [-0.39, 0.29) is 0 Å². The number of para-hydroxylation sites is 2. The van der Waals surface area contributed by atoms with E-state index in [0.29, 0.717) is 5.82 Å². The molecule has 67 heavy (non-hydrogen) atoms. The van der Waals surface area contributed by atoms with Crippen LogP contribution in [0.3, 0.4) is 0 Å². The summed E-state index contributed by atoms with van der Waals surface area (Å²) >= 11 is 0. The lowest BCUT2D eigenvalue weighted by Crippen LogP contribution is -1.96. The molecule has 0 saturated carbocycles. The molecule has 0 atom stereocenters. The molecule has 0 radical (unpaired) electrons. The number of benzene rings is 10. The fourth-order valence-corrected chi connectivity index (χ4v) is 9.91. The van der Waals surface area contributed by atoms with Crippen LogP contribution in [0.1, 0.15) is 0 Å². The highest BCUT2D eigenvalue weighted by Gasteiger charge is 2.19. The number of nitrogens with zero attached hydrogens (tertiary/aromatic N) is 4. The molecule has 0 fully saturated rings. The Morgan fingerprint density at radius 2 is 0.746 bits per heavy atom. The SMILES string of the molecule is c1ccc(-c2cc(-c3ccccc3)cc(-c3nc(-c4ccc(-c5ccc6c7cc8nc(-c9ccccc9)c9ccccc9c8cc7n(-c7ccccc7)c6c5)cc4)nc4ccccc34)c2)cc1. The van der Waals surface area contributed by atoms with Gasteiger partial charge < -0.3 is 4.57 Å². The molecular weight excluding hydrogens is 813 g/mol. The third kappa shape index (κ3) is 6.74. The summed E-state index contributed by atoms with van der Waals surface area (Å²) in [4.78, 5) is 15.9. The molecule has 0 bridgehead atoms. The molecule has 10 aromatic carbocycles. The zero-order valence-electron chi connectivity index (χ0n) is 36.4. The van der Waals surface area contributed by atoms with Crippen molar-refractivity contribution < 1.29 is 0 Å². The summed E-state index contributed by atoms with van der Waals surface area (Å²) in [6.07, 6.45) is 0. The Bertz CT molecular complexity index is 3940. The van der Waals surface area contributed by atoms with Gasteiger partial charge in [-0.05, 0) is 93.4 Å². The van der Waals surface area contributed by atoms with Gasteiger partial charge in [0.25, 0.3) is 0 Å². The molecule has 0 N–H and O–H groups in total. The zero-order valence-corrected chi connectivity index (χ0v) is 36.4. The Hall–Kier alpha value is -8.99. The smallest absolute Gasteiger partial charge is 0.160 e. The summed E-state index contributed by atoms with van der Waals surface area (Å²) in [5.74, 6) is 0.690. The Balaban J connectivity index is 0.937. The van der Waals surface area contributed by atoms with E-state index < -0.39 is 0 Å². The van der Waals surface area contributed by atoms with Crippen LogP contribution >= 0.6 is 0 Å². The van der Waals surface area contributed by atoms with Crippen LogP contribution in [0.25, 0.3) is 127 Å². The van der Waals surface area contributed by atoms with Crippen LogP contribution in [0.15, 0.2) is 243 Å². The van der Waals surface area contributed by atoms with E-state index in [9.17, 15) is 0 Å². The molecule has 0 aliphatic heterocycles. The van der Waals surface area contributed by atoms with Crippen LogP contribution in [0, 0.1) is 0 Å². The normalized spacial score (nSPS) is 11.6. The Labute approximate surface area is 387 Å². The highest BCUT2D eigenvalue weighted by atomic mass is 15.0. The molecule has 3 aromatic heterocycles. The van der Waals surface area contributed by atoms with Crippen LogP contribution in [-0.2, 0) is 0 Å². The maximum Gasteiger partial charge on any atom is 0.160 e. The van der Waals surface area contributed by atoms with Gasteiger partial charge in [0.15, 0.2) is 5.82 Å². The number of hydrogen-bond donors (Lipinski definition) is 0. The van der Waals surface area contributed by atoms with Gasteiger partial charge in [-0.1, -0.05) is 188 Å². The van der Waals surface area contributed by atoms with E-state index in [4.69, 9.17) is 15.0 Å². The molecule has 3 heterocycles. The van der Waals surface area contributed by atoms with E-state index in [2.05, 4.69) is 247 Å². The lowest BCUT2D eigenvalue weighted by molar-refractivity contribution is 1.18. The molecule has 4 nitrogen and oxygen atoms in total. The summed E-state index contributed by atoms with van der Waals surface area (Å²) in [5, 5.41) is 6.85. The summed E-state index contributed by atoms with van der Waals surface area (Å²) in [5.41, 5.74) is 17.2. The molecule has 13 aromatic rings. The minimum Gasteiger partial charge on any atom is -0.309 e. The number of pyridine rings is 1. The fourth-order valence-electron chi connectivity index (χ4n) is 9.91. The first-order valence-electron chi connectivity index (χ1n) is 22.8. The van der Waals surface area contributed by atoms with Crippen molar-refractivity contribution in [2.45, 2.75) is 0 Å². The summed E-state index contributed by atoms with van der Waals surface area (Å²) in [6, 6.07) is 86.3. The minimum atomic E-state index is 0.690. The van der Waals surface area contributed by atoms with Gasteiger partial charge in [0, 0.05) is 49.3 Å². The molecule has 0 spiro atoms. The van der Waals surface area contributed by atoms with Gasteiger partial charge in [0.2, 0.25) is 0 Å². The third-order valence-electron chi connectivity index (χ3n) is 13.2. The van der Waals surface area contributed by atoms with Crippen LogP contribution < -0.4 is 0 Å². The number of aromatic nitrogens is 4. The van der Waals surface area contributed by atoms with Crippen molar-refractivity contribution in [3.05, 3.63) is 243 Å². The maximum atomic E-state index is 5.37. The molecule has 13 rings (SSSR count). The average molecular weight is 853 g/mol. The summed E-state index contributed by atoms with van der Waals surface area (Å²) < 4.78 is 2.41. The van der Waals surface area contributed by atoms with Crippen molar-refractivity contribution >= 4 is 54.4 Å². The van der Waals surface area contributed by atoms with Gasteiger partial charge in [0.05, 0.1) is 33.5 Å². The van der Waals surface area contributed by atoms with Crippen molar-refractivity contribution in [2.24, 2.45) is 0 Å². The largest absolute Gasteiger partial charge is 0.309 e. The molecule has 4 heteroatoms. The number of rotatable bonds is 7. The third-order valence-corrected chi connectivity index (χ3v) is 13.2. The Kier molecular flexibility index (Phi) is 9.14. The van der Waals surface area contributed by atoms with Gasteiger partial charge in [-0.25, -0.2) is 15.0 Å². The second-order valence-corrected chi connectivity index (χ2v) is 17.2. The lowest BCUT2D eigenvalue weighted by Gasteiger charge is -2.14. The van der Waals surface area contributed by atoms with Gasteiger partial charge in [-0.15, -0.1) is 0 Å². The molecule has 0 amide bonds. The highest BCUT2D eigenvalue weighted by molar-refractivity contribution is 6.19. The average Bonchev–Trinajstić information content (AvgIpc) is 3.73. The van der Waals surface area contributed by atoms with E-state index in [1.54, 1.807) is 0 Å². The van der Waals surface area contributed by atoms with E-state index in [1.165, 1.54) is 16.2 Å². The monoisotopic (exact) mass is 852 g/mol. The van der Waals surface area contributed by atoms with Crippen molar-refractivity contribution in [2.75, 3.05) is 0 Å². The number of fused-ring (bicyclic) bond motifs is 7. The molecule has 0 saturated heterocycles. The van der Waals surface area contributed by atoms with E-state index >= 15 is 0 Å². The predicted molar refractivity (Wildman–Crippen MR) is 279 cm³/mol. The maximum absolute atomic E-state index is 5.37. The Morgan fingerprint density at radius 1 is 0.239 bits per heavy atom. The first-order chi connectivity index (χ1) is 33.2. The fraction of sp³-hybridized carbons (Fsp3) is 0. The van der Waals surface area contributed by atoms with Gasteiger partial charge in [0.1, 0.15) is 0 Å². The standard InChI is InChI=1S/C63H40N4/c1-5-17-41(18-6-1)47-35-48(42-19-7-2-8-20-42)37-49(36-47)62-54-27-15-16-28-57(54)65-63(66-62)45-31-29-43(30-32-45)46-33-34-52-56-39-58-55(40-60(56)67(59(52)38-46)50-23-11-4-12-24-50)51-25-13-14-26-53(51)61(64-58)44-21-9-3-10-22-44/h1-40H. The van der Waals surface area contributed by atoms with Crippen LogP contribution in [0.4, 0.5) is 0 Å². The second-order valence-electron chi connectivity index (χ2n) is 17.2. The second kappa shape index (κ2) is 15.9. The minimum absolute atomic E-state index is 0.690. The van der Waals surface area contributed by atoms with E-state index in [0.717, 1.165) is 105 Å². The van der Waals surface area contributed by atoms with Crippen molar-refractivity contribution in [1.82, 2.24) is 19.5 Å². The summed E-state index contributed by atoms with van der Waals surface area (Å²) in [7, 11) is 0. The van der Waals surface area contributed by atoms with Gasteiger partial charge in [-0.2, -0.15) is 0 Å². The lowest BCUT2D eigenvalue weighted by atomic mass is 9.94. The highest BCUT2D eigenvalue weighted by Crippen LogP contribution is 2.41. The van der Waals surface area contributed by atoms with Gasteiger partial charge in [-0.3, -0.25) is 0 Å². The zero-order chi connectivity index (χ0) is 44.3. The first kappa shape index (κ1) is 38.5. The van der Waals surface area contributed by atoms with E-state index in [1.807, 2.05) is 0 Å². The quantitative estimate of drug-likeness (QED) is 0.150. The van der Waals surface area contributed by atoms with Crippen molar-refractivity contribution in [3.8, 4) is 73.0 Å². The predicted octanol–water partition coefficient (Wildman–Crippen LogP) is 16.4. The topological polar surface area (TPSA) is 43.6 Å². The molecule has 0 aliphatic carbocycles. The van der Waals surface area contributed by atoms with Crippen LogP contribution in [-0.4, -0.2) is 19.5 Å². The first-order valence-corrected chi connectivity index (χ1v) is 22.8. The molecule has 0 unspecified atom stereocenters. The van der Waals surface area contributed by atoms with Crippen molar-refractivity contribution in [3.63, 3.8) is 0 Å². The molecular formula is C63H40N4. The molecule has 0 aliphatic rings. The van der Waals surface area contributed by atoms with Crippen molar-refractivity contribution in [1.29, 1.82) is 0 Å². The Morgan fingerprint density at radius 3 is 1.43 bits per heavy atom. The number of hydrogen-bond acceptors (Lipinski definition) is 3. The summed E-state index contributed by atoms with van der Waals surface area (Å²) in [6.45, 7) is 0.